The van der Waals surface area contributed by atoms with Crippen molar-refractivity contribution in [3.05, 3.63) is 75.1 Å². The van der Waals surface area contributed by atoms with Crippen molar-refractivity contribution in [2.24, 2.45) is 0 Å². The number of para-hydroxylation sites is 1. The largest absolute Gasteiger partial charge is 0.484 e. The standard InChI is InChI=1S/C18H17NO2S2/c20-18(14-21-15-6-2-1-3-7-15)19(12-16-8-4-10-22-16)13-17-9-5-11-23-17/h1-11H,12-14H2. The van der Waals surface area contributed by atoms with E-state index in [0.717, 1.165) is 0 Å². The number of nitrogens with zero attached hydrogens (tertiary/aromatic N) is 1. The Bertz CT molecular complexity index is 673. The van der Waals surface area contributed by atoms with Gasteiger partial charge in [-0.3, -0.25) is 4.79 Å². The number of benzene rings is 1. The molecular weight excluding hydrogens is 326 g/mol. The maximum Gasteiger partial charge on any atom is 0.261 e. The van der Waals surface area contributed by atoms with Gasteiger partial charge in [-0.2, -0.15) is 0 Å². The number of hydrogen-bond acceptors (Lipinski definition) is 4. The first-order chi connectivity index (χ1) is 11.3. The summed E-state index contributed by atoms with van der Waals surface area (Å²) in [5.74, 6) is 0.712. The lowest BCUT2D eigenvalue weighted by molar-refractivity contribution is -0.134. The molecule has 23 heavy (non-hydrogen) atoms. The van der Waals surface area contributed by atoms with Gasteiger partial charge in [-0.1, -0.05) is 30.3 Å². The molecule has 3 nitrogen and oxygen atoms in total. The first kappa shape index (κ1) is 15.8. The van der Waals surface area contributed by atoms with E-state index in [1.807, 2.05) is 58.1 Å². The average molecular weight is 343 g/mol. The summed E-state index contributed by atoms with van der Waals surface area (Å²) in [4.78, 5) is 16.8. The number of ether oxygens (including phenoxy) is 1. The number of carbonyl (C=O) groups excluding carboxylic acids is 1. The molecule has 2 aromatic heterocycles. The van der Waals surface area contributed by atoms with Crippen LogP contribution >= 0.6 is 22.7 Å². The summed E-state index contributed by atoms with van der Waals surface area (Å²) < 4.78 is 5.60. The van der Waals surface area contributed by atoms with Crippen LogP contribution in [0.1, 0.15) is 9.75 Å². The molecule has 0 aliphatic carbocycles. The minimum absolute atomic E-state index is 0.00402. The van der Waals surface area contributed by atoms with E-state index in [4.69, 9.17) is 4.74 Å². The number of carbonyl (C=O) groups is 1. The second kappa shape index (κ2) is 7.94. The van der Waals surface area contributed by atoms with Crippen LogP contribution in [0, 0.1) is 0 Å². The average Bonchev–Trinajstić information content (AvgIpc) is 3.27. The van der Waals surface area contributed by atoms with Crippen LogP contribution in [0.4, 0.5) is 0 Å². The molecule has 0 saturated heterocycles. The van der Waals surface area contributed by atoms with Crippen LogP contribution < -0.4 is 4.74 Å². The smallest absolute Gasteiger partial charge is 0.261 e. The van der Waals surface area contributed by atoms with E-state index in [-0.39, 0.29) is 12.5 Å². The summed E-state index contributed by atoms with van der Waals surface area (Å²) in [6.07, 6.45) is 0. The van der Waals surface area contributed by atoms with E-state index < -0.39 is 0 Å². The molecule has 0 unspecified atom stereocenters. The summed E-state index contributed by atoms with van der Waals surface area (Å²) in [6.45, 7) is 1.29. The van der Waals surface area contributed by atoms with Gasteiger partial charge in [0.2, 0.25) is 0 Å². The van der Waals surface area contributed by atoms with E-state index >= 15 is 0 Å². The topological polar surface area (TPSA) is 29.5 Å². The highest BCUT2D eigenvalue weighted by Gasteiger charge is 2.16. The molecule has 0 saturated carbocycles. The van der Waals surface area contributed by atoms with E-state index in [0.29, 0.717) is 18.8 Å². The number of amides is 1. The first-order valence-electron chi connectivity index (χ1n) is 7.31. The molecule has 2 heterocycles. The second-order valence-electron chi connectivity index (χ2n) is 5.01. The molecule has 0 aliphatic heterocycles. The fourth-order valence-electron chi connectivity index (χ4n) is 2.17. The Morgan fingerprint density at radius 3 is 2.00 bits per heavy atom. The Balaban J connectivity index is 1.65. The van der Waals surface area contributed by atoms with Crippen LogP contribution in [-0.4, -0.2) is 17.4 Å². The zero-order valence-corrected chi connectivity index (χ0v) is 14.2. The van der Waals surface area contributed by atoms with Gasteiger partial charge in [0.05, 0.1) is 13.1 Å². The van der Waals surface area contributed by atoms with E-state index in [2.05, 4.69) is 12.1 Å². The Morgan fingerprint density at radius 1 is 0.870 bits per heavy atom. The van der Waals surface area contributed by atoms with Crippen molar-refractivity contribution in [1.29, 1.82) is 0 Å². The lowest BCUT2D eigenvalue weighted by atomic mass is 10.3. The lowest BCUT2D eigenvalue weighted by Gasteiger charge is -2.21. The van der Waals surface area contributed by atoms with Crippen molar-refractivity contribution >= 4 is 28.6 Å². The van der Waals surface area contributed by atoms with Gasteiger partial charge in [0, 0.05) is 9.75 Å². The maximum atomic E-state index is 12.6. The predicted octanol–water partition coefficient (Wildman–Crippen LogP) is 4.42. The van der Waals surface area contributed by atoms with Crippen LogP contribution in [0.25, 0.3) is 0 Å². The third kappa shape index (κ3) is 4.68. The number of hydrogen-bond donors (Lipinski definition) is 0. The van der Waals surface area contributed by atoms with Crippen LogP contribution in [0.5, 0.6) is 5.75 Å². The summed E-state index contributed by atoms with van der Waals surface area (Å²) in [5.41, 5.74) is 0. The van der Waals surface area contributed by atoms with Gasteiger partial charge >= 0.3 is 0 Å². The molecule has 0 N–H and O–H groups in total. The molecule has 1 amide bonds. The van der Waals surface area contributed by atoms with E-state index in [1.165, 1.54) is 9.75 Å². The van der Waals surface area contributed by atoms with Crippen molar-refractivity contribution in [2.75, 3.05) is 6.61 Å². The Hall–Kier alpha value is -2.11. The summed E-state index contributed by atoms with van der Waals surface area (Å²) in [6, 6.07) is 17.6. The summed E-state index contributed by atoms with van der Waals surface area (Å²) >= 11 is 3.33. The van der Waals surface area contributed by atoms with Crippen molar-refractivity contribution in [2.45, 2.75) is 13.1 Å². The third-order valence-corrected chi connectivity index (χ3v) is 5.03. The van der Waals surface area contributed by atoms with Gasteiger partial charge in [-0.25, -0.2) is 0 Å². The SMILES string of the molecule is O=C(COc1ccccc1)N(Cc1cccs1)Cc1cccs1. The Kier molecular flexibility index (Phi) is 5.45. The molecule has 0 radical (unpaired) electrons. The molecule has 0 fully saturated rings. The molecule has 0 bridgehead atoms. The molecule has 5 heteroatoms. The molecule has 3 rings (SSSR count). The highest BCUT2D eigenvalue weighted by molar-refractivity contribution is 7.10. The van der Waals surface area contributed by atoms with Gasteiger partial charge in [0.1, 0.15) is 5.75 Å². The predicted molar refractivity (Wildman–Crippen MR) is 94.8 cm³/mol. The van der Waals surface area contributed by atoms with Crippen molar-refractivity contribution in [3.63, 3.8) is 0 Å². The monoisotopic (exact) mass is 343 g/mol. The maximum absolute atomic E-state index is 12.6. The third-order valence-electron chi connectivity index (χ3n) is 3.31. The molecule has 1 aromatic carbocycles. The van der Waals surface area contributed by atoms with E-state index in [1.54, 1.807) is 22.7 Å². The van der Waals surface area contributed by atoms with Crippen molar-refractivity contribution in [3.8, 4) is 5.75 Å². The van der Waals surface area contributed by atoms with Crippen LogP contribution in [-0.2, 0) is 17.9 Å². The fourth-order valence-corrected chi connectivity index (χ4v) is 3.61. The van der Waals surface area contributed by atoms with Gasteiger partial charge in [0.25, 0.3) is 5.91 Å². The number of rotatable bonds is 7. The highest BCUT2D eigenvalue weighted by atomic mass is 32.1. The second-order valence-corrected chi connectivity index (χ2v) is 7.07. The molecule has 0 atom stereocenters. The van der Waals surface area contributed by atoms with Crippen LogP contribution in [0.3, 0.4) is 0 Å². The van der Waals surface area contributed by atoms with Crippen LogP contribution in [0.15, 0.2) is 65.4 Å². The van der Waals surface area contributed by atoms with Gasteiger partial charge in [0.15, 0.2) is 6.61 Å². The Morgan fingerprint density at radius 2 is 1.48 bits per heavy atom. The molecular formula is C18H17NO2S2. The van der Waals surface area contributed by atoms with E-state index in [9.17, 15) is 4.79 Å². The number of thiophene rings is 2. The lowest BCUT2D eigenvalue weighted by Crippen LogP contribution is -2.33. The van der Waals surface area contributed by atoms with Gasteiger partial charge in [-0.05, 0) is 35.0 Å². The normalized spacial score (nSPS) is 10.4. The van der Waals surface area contributed by atoms with Gasteiger partial charge in [-0.15, -0.1) is 22.7 Å². The zero-order valence-electron chi connectivity index (χ0n) is 12.6. The summed E-state index contributed by atoms with van der Waals surface area (Å²) in [7, 11) is 0. The van der Waals surface area contributed by atoms with Gasteiger partial charge < -0.3 is 9.64 Å². The van der Waals surface area contributed by atoms with Crippen molar-refractivity contribution in [1.82, 2.24) is 4.90 Å². The first-order valence-corrected chi connectivity index (χ1v) is 9.07. The van der Waals surface area contributed by atoms with Crippen molar-refractivity contribution < 1.29 is 9.53 Å². The molecule has 118 valence electrons. The minimum atomic E-state index is -0.00402. The Labute approximate surface area is 143 Å². The molecule has 0 aliphatic rings. The summed E-state index contributed by atoms with van der Waals surface area (Å²) in [5, 5.41) is 4.06. The fraction of sp³-hybridized carbons (Fsp3) is 0.167. The minimum Gasteiger partial charge on any atom is -0.484 e. The molecule has 0 spiro atoms. The molecule has 3 aromatic rings. The zero-order chi connectivity index (χ0) is 15.9. The quantitative estimate of drug-likeness (QED) is 0.636. The highest BCUT2D eigenvalue weighted by Crippen LogP contribution is 2.18. The van der Waals surface area contributed by atoms with Crippen LogP contribution in [0.2, 0.25) is 0 Å².